The highest BCUT2D eigenvalue weighted by atomic mass is 79.9. The van der Waals surface area contributed by atoms with Gasteiger partial charge in [0, 0.05) is 0 Å². The van der Waals surface area contributed by atoms with E-state index in [1.54, 1.807) is 26.0 Å². The molecule has 0 amide bonds. The lowest BCUT2D eigenvalue weighted by molar-refractivity contribution is -0.281. The van der Waals surface area contributed by atoms with Gasteiger partial charge in [-0.2, -0.15) is 22.0 Å². The van der Waals surface area contributed by atoms with Gasteiger partial charge in [0.05, 0.1) is 0 Å². The van der Waals surface area contributed by atoms with E-state index in [0.29, 0.717) is 30.4 Å². The topological polar surface area (TPSA) is 0 Å². The van der Waals surface area contributed by atoms with E-state index in [-0.39, 0.29) is 5.56 Å². The molecule has 0 saturated carbocycles. The van der Waals surface area contributed by atoms with Crippen LogP contribution < -0.4 is 0 Å². The molecular formula is C15H18BrF5. The molecule has 0 aromatic heterocycles. The summed E-state index contributed by atoms with van der Waals surface area (Å²) >= 11 is 2.60. The van der Waals surface area contributed by atoms with E-state index >= 15 is 0 Å². The average molecular weight is 373 g/mol. The Morgan fingerprint density at radius 2 is 1.33 bits per heavy atom. The molecule has 1 atom stereocenters. The fourth-order valence-corrected chi connectivity index (χ4v) is 3.14. The first-order valence-electron chi connectivity index (χ1n) is 6.83. The lowest BCUT2D eigenvalue weighted by atomic mass is 9.90. The Labute approximate surface area is 129 Å². The lowest BCUT2D eigenvalue weighted by Gasteiger charge is -2.28. The van der Waals surface area contributed by atoms with Gasteiger partial charge in [-0.15, -0.1) is 0 Å². The van der Waals surface area contributed by atoms with Crippen molar-refractivity contribution in [2.75, 3.05) is 0 Å². The van der Waals surface area contributed by atoms with E-state index in [9.17, 15) is 22.0 Å². The van der Waals surface area contributed by atoms with Gasteiger partial charge in [0.2, 0.25) is 0 Å². The Morgan fingerprint density at radius 1 is 0.905 bits per heavy atom. The molecule has 0 spiro atoms. The molecule has 1 aromatic carbocycles. The SMILES string of the molecule is CCc1cc(CC)c(C(Br)C(F)(F)C(F)(F)F)c(CC)c1. The van der Waals surface area contributed by atoms with Crippen molar-refractivity contribution in [3.8, 4) is 0 Å². The van der Waals surface area contributed by atoms with Crippen LogP contribution in [0.25, 0.3) is 0 Å². The van der Waals surface area contributed by atoms with Crippen molar-refractivity contribution in [3.05, 3.63) is 34.4 Å². The number of benzene rings is 1. The summed E-state index contributed by atoms with van der Waals surface area (Å²) in [6, 6.07) is 3.43. The third kappa shape index (κ3) is 3.58. The quantitative estimate of drug-likeness (QED) is 0.438. The molecule has 0 aliphatic heterocycles. The molecule has 0 radical (unpaired) electrons. The van der Waals surface area contributed by atoms with Crippen molar-refractivity contribution >= 4 is 15.9 Å². The normalized spacial score (nSPS) is 14.3. The third-order valence-electron chi connectivity index (χ3n) is 3.53. The number of hydrogen-bond donors (Lipinski definition) is 0. The number of aryl methyl sites for hydroxylation is 3. The summed E-state index contributed by atoms with van der Waals surface area (Å²) < 4.78 is 65.1. The van der Waals surface area contributed by atoms with Gasteiger partial charge < -0.3 is 0 Å². The van der Waals surface area contributed by atoms with Gasteiger partial charge in [0.25, 0.3) is 0 Å². The molecule has 0 aliphatic rings. The summed E-state index contributed by atoms with van der Waals surface area (Å²) in [5.41, 5.74) is 2.09. The van der Waals surface area contributed by atoms with Crippen LogP contribution in [0.2, 0.25) is 0 Å². The second kappa shape index (κ2) is 6.63. The smallest absolute Gasteiger partial charge is 0.195 e. The van der Waals surface area contributed by atoms with Gasteiger partial charge in [0.1, 0.15) is 4.83 Å². The number of hydrogen-bond acceptors (Lipinski definition) is 0. The summed E-state index contributed by atoms with van der Waals surface area (Å²) in [5, 5.41) is 0. The monoisotopic (exact) mass is 372 g/mol. The Hall–Kier alpha value is -0.650. The molecule has 1 aromatic rings. The number of halogens is 6. The summed E-state index contributed by atoms with van der Waals surface area (Å²) in [6.45, 7) is 5.43. The Morgan fingerprint density at radius 3 is 1.62 bits per heavy atom. The maximum Gasteiger partial charge on any atom is 0.454 e. The fourth-order valence-electron chi connectivity index (χ4n) is 2.29. The van der Waals surface area contributed by atoms with Crippen molar-refractivity contribution in [2.24, 2.45) is 0 Å². The first-order valence-corrected chi connectivity index (χ1v) is 7.74. The second-order valence-electron chi connectivity index (χ2n) is 4.87. The van der Waals surface area contributed by atoms with Crippen molar-refractivity contribution in [1.82, 2.24) is 0 Å². The molecule has 0 bridgehead atoms. The van der Waals surface area contributed by atoms with Crippen LogP contribution in [-0.4, -0.2) is 12.1 Å². The summed E-state index contributed by atoms with van der Waals surface area (Å²) in [5.74, 6) is -4.81. The first-order chi connectivity index (χ1) is 9.60. The van der Waals surface area contributed by atoms with E-state index in [4.69, 9.17) is 0 Å². The van der Waals surface area contributed by atoms with Crippen LogP contribution >= 0.6 is 15.9 Å². The number of rotatable bonds is 5. The molecule has 0 nitrogen and oxygen atoms in total. The largest absolute Gasteiger partial charge is 0.454 e. The third-order valence-corrected chi connectivity index (χ3v) is 4.56. The van der Waals surface area contributed by atoms with Gasteiger partial charge in [-0.3, -0.25) is 0 Å². The molecular weight excluding hydrogens is 355 g/mol. The second-order valence-corrected chi connectivity index (χ2v) is 5.79. The van der Waals surface area contributed by atoms with Crippen LogP contribution in [0.3, 0.4) is 0 Å². The molecule has 0 fully saturated rings. The molecule has 0 saturated heterocycles. The van der Waals surface area contributed by atoms with Crippen molar-refractivity contribution in [3.63, 3.8) is 0 Å². The van der Waals surface area contributed by atoms with Crippen molar-refractivity contribution in [1.29, 1.82) is 0 Å². The molecule has 0 aliphatic carbocycles. The van der Waals surface area contributed by atoms with Gasteiger partial charge >= 0.3 is 12.1 Å². The van der Waals surface area contributed by atoms with Crippen LogP contribution in [0, 0.1) is 0 Å². The van der Waals surface area contributed by atoms with Crippen LogP contribution in [0.4, 0.5) is 22.0 Å². The summed E-state index contributed by atoms with van der Waals surface area (Å²) in [7, 11) is 0. The first kappa shape index (κ1) is 18.4. The molecule has 0 heterocycles. The zero-order valence-corrected chi connectivity index (χ0v) is 13.7. The van der Waals surface area contributed by atoms with E-state index in [1.807, 2.05) is 6.92 Å². The van der Waals surface area contributed by atoms with E-state index in [2.05, 4.69) is 15.9 Å². The highest BCUT2D eigenvalue weighted by Gasteiger charge is 2.62. The highest BCUT2D eigenvalue weighted by Crippen LogP contribution is 2.50. The summed E-state index contributed by atoms with van der Waals surface area (Å²) in [4.78, 5) is -2.07. The summed E-state index contributed by atoms with van der Waals surface area (Å²) in [6.07, 6.45) is -4.05. The minimum atomic E-state index is -5.58. The Balaban J connectivity index is 3.47. The Kier molecular flexibility index (Phi) is 5.81. The van der Waals surface area contributed by atoms with Gasteiger partial charge in [-0.1, -0.05) is 48.8 Å². The van der Waals surface area contributed by atoms with Gasteiger partial charge in [-0.05, 0) is 41.5 Å². The van der Waals surface area contributed by atoms with E-state index in [0.717, 1.165) is 5.56 Å². The molecule has 0 N–H and O–H groups in total. The van der Waals surface area contributed by atoms with E-state index < -0.39 is 16.9 Å². The maximum absolute atomic E-state index is 13.7. The number of alkyl halides is 6. The van der Waals surface area contributed by atoms with Gasteiger partial charge in [0.15, 0.2) is 0 Å². The van der Waals surface area contributed by atoms with Crippen molar-refractivity contribution in [2.45, 2.75) is 57.0 Å². The molecule has 1 unspecified atom stereocenters. The minimum Gasteiger partial charge on any atom is -0.195 e. The van der Waals surface area contributed by atoms with Crippen LogP contribution in [0.5, 0.6) is 0 Å². The maximum atomic E-state index is 13.7. The van der Waals surface area contributed by atoms with Crippen LogP contribution in [0.1, 0.15) is 47.9 Å². The minimum absolute atomic E-state index is 0.0690. The predicted molar refractivity (Wildman–Crippen MR) is 77.2 cm³/mol. The van der Waals surface area contributed by atoms with Crippen molar-refractivity contribution < 1.29 is 22.0 Å². The average Bonchev–Trinajstić information content (AvgIpc) is 2.43. The standard InChI is InChI=1S/C15H18BrF5/c1-4-9-7-10(5-2)12(11(6-3)8-9)13(16)14(17,18)15(19,20)21/h7-8,13H,4-6H2,1-3H3. The highest BCUT2D eigenvalue weighted by molar-refractivity contribution is 9.09. The van der Waals surface area contributed by atoms with E-state index in [1.165, 1.54) is 0 Å². The molecule has 120 valence electrons. The molecule has 21 heavy (non-hydrogen) atoms. The van der Waals surface area contributed by atoms with Gasteiger partial charge in [-0.25, -0.2) is 0 Å². The fraction of sp³-hybridized carbons (Fsp3) is 0.600. The molecule has 6 heteroatoms. The molecule has 1 rings (SSSR count). The van der Waals surface area contributed by atoms with Crippen LogP contribution in [-0.2, 0) is 19.3 Å². The lowest BCUT2D eigenvalue weighted by Crippen LogP contribution is -2.40. The zero-order valence-electron chi connectivity index (χ0n) is 12.1. The Bertz CT molecular complexity index is 468. The van der Waals surface area contributed by atoms with Crippen LogP contribution in [0.15, 0.2) is 12.1 Å². The zero-order chi connectivity index (χ0) is 16.4. The predicted octanol–water partition coefficient (Wildman–Crippen LogP) is 6.01.